The number of hydrogen-bond acceptors (Lipinski definition) is 1. The van der Waals surface area contributed by atoms with Crippen molar-refractivity contribution in [1.82, 2.24) is 0 Å². The van der Waals surface area contributed by atoms with Crippen LogP contribution in [0.2, 0.25) is 10.3 Å². The van der Waals surface area contributed by atoms with E-state index in [2.05, 4.69) is 66.0 Å². The van der Waals surface area contributed by atoms with E-state index in [0.29, 0.717) is 21.0 Å². The molecule has 23 heavy (non-hydrogen) atoms. The summed E-state index contributed by atoms with van der Waals surface area (Å²) in [6.07, 6.45) is 0. The molecule has 0 heterocycles. The Morgan fingerprint density at radius 3 is 2.04 bits per heavy atom. The van der Waals surface area contributed by atoms with Gasteiger partial charge in [-0.1, -0.05) is 0 Å². The van der Waals surface area contributed by atoms with Crippen molar-refractivity contribution in [2.45, 2.75) is 11.4 Å². The first kappa shape index (κ1) is 16.1. The summed E-state index contributed by atoms with van der Waals surface area (Å²) in [6.45, 7) is 0. The summed E-state index contributed by atoms with van der Waals surface area (Å²) < 4.78 is 1.43. The van der Waals surface area contributed by atoms with Crippen LogP contribution in [-0.2, 0) is 0 Å². The van der Waals surface area contributed by atoms with E-state index in [1.807, 2.05) is 24.3 Å². The number of hydrogen-bond donors (Lipinski definition) is 1. The molecule has 0 aromatic heterocycles. The quantitative estimate of drug-likeness (QED) is 0.592. The average molecular weight is 387 g/mol. The second kappa shape index (κ2) is 8.21. The molecule has 1 nitrogen and oxygen atoms in total. The molecule has 1 unspecified atom stereocenters. The Bertz CT molecular complexity index is 714. The molecule has 3 heteroatoms. The van der Waals surface area contributed by atoms with Gasteiger partial charge in [-0.2, -0.15) is 0 Å². The molecule has 0 aliphatic carbocycles. The van der Waals surface area contributed by atoms with Crippen molar-refractivity contribution in [2.24, 2.45) is 0 Å². The molecule has 3 aromatic rings. The van der Waals surface area contributed by atoms with Crippen LogP contribution in [0.4, 0.5) is 5.69 Å². The minimum atomic E-state index is 0.303. The fraction of sp³-hybridized carbons (Fsp3) is 0.100. The molecule has 1 atom stereocenters. The van der Waals surface area contributed by atoms with Gasteiger partial charge in [0.2, 0.25) is 0 Å². The number of halogens is 1. The van der Waals surface area contributed by atoms with Crippen LogP contribution in [0.3, 0.4) is 0 Å². The average Bonchev–Trinajstić information content (AvgIpc) is 2.62. The van der Waals surface area contributed by atoms with Crippen LogP contribution in [0.15, 0.2) is 84.9 Å². The molecule has 0 aliphatic rings. The normalized spacial score (nSPS) is 11.9. The number of nitrogens with one attached hydrogen (secondary N) is 1. The molecular weight excluding hydrogens is 369 g/mol. The van der Waals surface area contributed by atoms with Crippen molar-refractivity contribution in [1.29, 1.82) is 0 Å². The van der Waals surface area contributed by atoms with Crippen molar-refractivity contribution in [3.63, 3.8) is 0 Å². The fourth-order valence-electron chi connectivity index (χ4n) is 2.35. The third-order valence-corrected chi connectivity index (χ3v) is 6.12. The summed E-state index contributed by atoms with van der Waals surface area (Å²) in [5, 5.41) is 5.51. The molecule has 0 spiro atoms. The zero-order valence-electron chi connectivity index (χ0n) is 12.7. The van der Waals surface area contributed by atoms with Gasteiger partial charge >= 0.3 is 149 Å². The number of benzene rings is 3. The second-order valence-electron chi connectivity index (χ2n) is 5.24. The Morgan fingerprint density at radius 1 is 0.783 bits per heavy atom. The molecule has 0 bridgehead atoms. The van der Waals surface area contributed by atoms with Gasteiger partial charge in [-0.25, -0.2) is 0 Å². The van der Waals surface area contributed by atoms with Crippen molar-refractivity contribution >= 4 is 36.7 Å². The van der Waals surface area contributed by atoms with E-state index in [1.54, 1.807) is 0 Å². The minimum absolute atomic E-state index is 0.303. The maximum absolute atomic E-state index is 5.98. The fourth-order valence-corrected chi connectivity index (χ4v) is 4.54. The SMILES string of the molecule is Clc1ccc(NC(C[Se]c2ccccc2)c2ccccc2)cc1. The molecule has 0 saturated carbocycles. The molecule has 116 valence electrons. The molecule has 0 fully saturated rings. The second-order valence-corrected chi connectivity index (χ2v) is 7.97. The van der Waals surface area contributed by atoms with Crippen LogP contribution in [0.1, 0.15) is 11.6 Å². The van der Waals surface area contributed by atoms with Gasteiger partial charge in [0.1, 0.15) is 0 Å². The summed E-state index contributed by atoms with van der Waals surface area (Å²) >= 11 is 6.41. The van der Waals surface area contributed by atoms with Crippen LogP contribution in [-0.4, -0.2) is 15.0 Å². The van der Waals surface area contributed by atoms with Gasteiger partial charge in [0.25, 0.3) is 0 Å². The monoisotopic (exact) mass is 387 g/mol. The van der Waals surface area contributed by atoms with E-state index in [4.69, 9.17) is 11.6 Å². The Hall–Kier alpha value is -1.73. The predicted octanol–water partition coefficient (Wildman–Crippen LogP) is 4.94. The van der Waals surface area contributed by atoms with Crippen LogP contribution >= 0.6 is 11.6 Å². The van der Waals surface area contributed by atoms with Crippen molar-refractivity contribution < 1.29 is 0 Å². The molecule has 0 aliphatic heterocycles. The molecule has 1 N–H and O–H groups in total. The molecule has 0 amide bonds. The molecule has 3 rings (SSSR count). The van der Waals surface area contributed by atoms with Crippen molar-refractivity contribution in [3.8, 4) is 0 Å². The Kier molecular flexibility index (Phi) is 5.76. The van der Waals surface area contributed by atoms with E-state index in [0.717, 1.165) is 16.0 Å². The van der Waals surface area contributed by atoms with E-state index in [-0.39, 0.29) is 0 Å². The van der Waals surface area contributed by atoms with Crippen LogP contribution in [0.5, 0.6) is 0 Å². The number of anilines is 1. The maximum atomic E-state index is 5.98. The standard InChI is InChI=1S/C20H18ClNSe/c21-17-11-13-18(14-12-17)22-20(16-7-3-1-4-8-16)15-23-19-9-5-2-6-10-19/h1-14,20,22H,15H2. The third-order valence-electron chi connectivity index (χ3n) is 3.55. The van der Waals surface area contributed by atoms with Crippen molar-refractivity contribution in [3.05, 3.63) is 95.5 Å². The Morgan fingerprint density at radius 2 is 1.39 bits per heavy atom. The molecule has 3 aromatic carbocycles. The first-order valence-corrected chi connectivity index (χ1v) is 10.0. The van der Waals surface area contributed by atoms with Gasteiger partial charge < -0.3 is 0 Å². The summed E-state index contributed by atoms with van der Waals surface area (Å²) in [7, 11) is 0. The van der Waals surface area contributed by atoms with E-state index in [9.17, 15) is 0 Å². The Balaban J connectivity index is 1.75. The number of rotatable bonds is 6. The van der Waals surface area contributed by atoms with E-state index in [1.165, 1.54) is 10.0 Å². The summed E-state index contributed by atoms with van der Waals surface area (Å²) in [5.74, 6) is 0. The van der Waals surface area contributed by atoms with Gasteiger partial charge in [0.15, 0.2) is 0 Å². The van der Waals surface area contributed by atoms with E-state index >= 15 is 0 Å². The van der Waals surface area contributed by atoms with Gasteiger partial charge in [0.05, 0.1) is 0 Å². The Labute approximate surface area is 148 Å². The van der Waals surface area contributed by atoms with Crippen LogP contribution < -0.4 is 9.78 Å². The first-order chi connectivity index (χ1) is 11.3. The summed E-state index contributed by atoms with van der Waals surface area (Å²) in [6, 6.07) is 29.6. The summed E-state index contributed by atoms with van der Waals surface area (Å²) in [4.78, 5) is 0. The molecule has 0 saturated heterocycles. The molecular formula is C20H18ClNSe. The first-order valence-electron chi connectivity index (χ1n) is 7.56. The van der Waals surface area contributed by atoms with Crippen LogP contribution in [0, 0.1) is 0 Å². The van der Waals surface area contributed by atoms with E-state index < -0.39 is 0 Å². The predicted molar refractivity (Wildman–Crippen MR) is 101 cm³/mol. The zero-order chi connectivity index (χ0) is 15.9. The topological polar surface area (TPSA) is 12.0 Å². The van der Waals surface area contributed by atoms with Gasteiger partial charge in [-0.3, -0.25) is 0 Å². The van der Waals surface area contributed by atoms with Crippen LogP contribution in [0.25, 0.3) is 0 Å². The third kappa shape index (κ3) is 4.87. The van der Waals surface area contributed by atoms with Gasteiger partial charge in [-0.15, -0.1) is 0 Å². The van der Waals surface area contributed by atoms with Gasteiger partial charge in [0, 0.05) is 0 Å². The molecule has 0 radical (unpaired) electrons. The van der Waals surface area contributed by atoms with Crippen molar-refractivity contribution in [2.75, 3.05) is 5.32 Å². The summed E-state index contributed by atoms with van der Waals surface area (Å²) in [5.41, 5.74) is 2.42. The van der Waals surface area contributed by atoms with Gasteiger partial charge in [-0.05, 0) is 0 Å². The zero-order valence-corrected chi connectivity index (χ0v) is 15.1.